The van der Waals surface area contributed by atoms with Crippen LogP contribution in [0.2, 0.25) is 0 Å². The second-order valence-corrected chi connectivity index (χ2v) is 2.01. The molecule has 0 atom stereocenters. The first-order valence-electron chi connectivity index (χ1n) is 3.14. The van der Waals surface area contributed by atoms with Crippen LogP contribution in [0.5, 0.6) is 0 Å². The summed E-state index contributed by atoms with van der Waals surface area (Å²) >= 11 is 0. The van der Waals surface area contributed by atoms with E-state index in [2.05, 4.69) is 5.32 Å². The van der Waals surface area contributed by atoms with E-state index in [4.69, 9.17) is 0 Å². The maximum atomic E-state index is 10.8. The maximum Gasteiger partial charge on any atom is 0.312 e. The number of hydrogen-bond acceptors (Lipinski definition) is 2. The standard InChI is InChI=1S/C6H9N2O2/c1-2-8-4-3-7-5(9)6(8)10/h2H,3-4H2,1H3,(H,7,9). The SMILES string of the molecule is C[CH]N1CCNC(=O)C1=O. The van der Waals surface area contributed by atoms with Crippen LogP contribution in [-0.4, -0.2) is 29.8 Å². The molecule has 4 heteroatoms. The first kappa shape index (κ1) is 7.05. The number of piperazine rings is 1. The van der Waals surface area contributed by atoms with E-state index < -0.39 is 11.8 Å². The maximum absolute atomic E-state index is 10.8. The number of carbonyl (C=O) groups is 2. The number of rotatable bonds is 1. The van der Waals surface area contributed by atoms with Crippen LogP contribution in [0.4, 0.5) is 0 Å². The largest absolute Gasteiger partial charge is 0.346 e. The van der Waals surface area contributed by atoms with Crippen molar-refractivity contribution in [1.29, 1.82) is 0 Å². The van der Waals surface area contributed by atoms with Gasteiger partial charge in [-0.15, -0.1) is 0 Å². The lowest BCUT2D eigenvalue weighted by Gasteiger charge is -2.24. The van der Waals surface area contributed by atoms with Crippen molar-refractivity contribution in [3.63, 3.8) is 0 Å². The lowest BCUT2D eigenvalue weighted by atomic mass is 10.3. The van der Waals surface area contributed by atoms with Crippen molar-refractivity contribution in [3.05, 3.63) is 6.54 Å². The van der Waals surface area contributed by atoms with Gasteiger partial charge in [0.2, 0.25) is 0 Å². The van der Waals surface area contributed by atoms with Gasteiger partial charge in [-0.05, 0) is 6.92 Å². The molecular formula is C6H9N2O2. The summed E-state index contributed by atoms with van der Waals surface area (Å²) in [5.41, 5.74) is 0. The number of carbonyl (C=O) groups excluding carboxylic acids is 2. The third-order valence-corrected chi connectivity index (χ3v) is 1.41. The van der Waals surface area contributed by atoms with Gasteiger partial charge in [0, 0.05) is 19.6 Å². The Bertz CT molecular complexity index is 167. The third kappa shape index (κ3) is 1.10. The van der Waals surface area contributed by atoms with Crippen LogP contribution in [0.3, 0.4) is 0 Å². The summed E-state index contributed by atoms with van der Waals surface area (Å²) in [6.07, 6.45) is 0. The summed E-state index contributed by atoms with van der Waals surface area (Å²) < 4.78 is 0. The van der Waals surface area contributed by atoms with Crippen LogP contribution in [0, 0.1) is 6.54 Å². The van der Waals surface area contributed by atoms with E-state index in [0.717, 1.165) is 0 Å². The molecule has 2 amide bonds. The fraction of sp³-hybridized carbons (Fsp3) is 0.500. The molecule has 0 aliphatic carbocycles. The van der Waals surface area contributed by atoms with Gasteiger partial charge in [-0.2, -0.15) is 0 Å². The summed E-state index contributed by atoms with van der Waals surface area (Å²) in [6, 6.07) is 0. The minimum Gasteiger partial charge on any atom is -0.346 e. The molecule has 1 rings (SSSR count). The predicted octanol–water partition coefficient (Wildman–Crippen LogP) is -0.874. The highest BCUT2D eigenvalue weighted by atomic mass is 16.2. The molecule has 1 aliphatic heterocycles. The van der Waals surface area contributed by atoms with Crippen molar-refractivity contribution < 1.29 is 9.59 Å². The van der Waals surface area contributed by atoms with E-state index in [1.54, 1.807) is 13.5 Å². The van der Waals surface area contributed by atoms with Crippen molar-refractivity contribution in [2.45, 2.75) is 6.92 Å². The molecule has 4 nitrogen and oxygen atoms in total. The van der Waals surface area contributed by atoms with Gasteiger partial charge in [-0.3, -0.25) is 9.59 Å². The second kappa shape index (κ2) is 2.68. The van der Waals surface area contributed by atoms with Gasteiger partial charge in [-0.1, -0.05) is 0 Å². The zero-order valence-corrected chi connectivity index (χ0v) is 5.76. The summed E-state index contributed by atoms with van der Waals surface area (Å²) in [7, 11) is 0. The van der Waals surface area contributed by atoms with Crippen LogP contribution in [-0.2, 0) is 9.59 Å². The molecule has 0 saturated carbocycles. The molecule has 1 aliphatic rings. The summed E-state index contributed by atoms with van der Waals surface area (Å²) in [4.78, 5) is 22.9. The molecule has 0 bridgehead atoms. The molecule has 0 aromatic heterocycles. The van der Waals surface area contributed by atoms with Crippen LogP contribution in [0.1, 0.15) is 6.92 Å². The molecule has 1 radical (unpaired) electrons. The molecule has 0 spiro atoms. The molecular weight excluding hydrogens is 132 g/mol. The summed E-state index contributed by atoms with van der Waals surface area (Å²) in [5.74, 6) is -0.974. The summed E-state index contributed by atoms with van der Waals surface area (Å²) in [5, 5.41) is 2.45. The quantitative estimate of drug-likeness (QED) is 0.482. The Morgan fingerprint density at radius 2 is 2.30 bits per heavy atom. The van der Waals surface area contributed by atoms with Crippen LogP contribution in [0.15, 0.2) is 0 Å². The normalized spacial score (nSPS) is 19.1. The molecule has 0 unspecified atom stereocenters. The molecule has 1 N–H and O–H groups in total. The van der Waals surface area contributed by atoms with Crippen molar-refractivity contribution in [2.24, 2.45) is 0 Å². The zero-order valence-electron chi connectivity index (χ0n) is 5.76. The number of amides is 2. The smallest absolute Gasteiger partial charge is 0.312 e. The molecule has 10 heavy (non-hydrogen) atoms. The molecule has 1 saturated heterocycles. The number of nitrogens with one attached hydrogen (secondary N) is 1. The number of nitrogens with zero attached hydrogens (tertiary/aromatic N) is 1. The Kier molecular flexibility index (Phi) is 1.89. The van der Waals surface area contributed by atoms with Gasteiger partial charge in [0.15, 0.2) is 0 Å². The molecule has 0 aromatic rings. The Hall–Kier alpha value is -1.06. The van der Waals surface area contributed by atoms with E-state index in [9.17, 15) is 9.59 Å². The molecule has 1 fully saturated rings. The molecule has 0 aromatic carbocycles. The Morgan fingerprint density at radius 3 is 2.80 bits per heavy atom. The highest BCUT2D eigenvalue weighted by Gasteiger charge is 2.24. The van der Waals surface area contributed by atoms with Gasteiger partial charge in [-0.25, -0.2) is 0 Å². The molecule has 55 valence electrons. The van der Waals surface area contributed by atoms with Gasteiger partial charge < -0.3 is 10.2 Å². The lowest BCUT2D eigenvalue weighted by molar-refractivity contribution is -0.146. The van der Waals surface area contributed by atoms with Crippen molar-refractivity contribution in [3.8, 4) is 0 Å². The molecule has 1 heterocycles. The minimum atomic E-state index is -0.510. The van der Waals surface area contributed by atoms with Crippen LogP contribution in [0.25, 0.3) is 0 Å². The highest BCUT2D eigenvalue weighted by molar-refractivity contribution is 6.35. The highest BCUT2D eigenvalue weighted by Crippen LogP contribution is 1.96. The third-order valence-electron chi connectivity index (χ3n) is 1.41. The average molecular weight is 141 g/mol. The monoisotopic (exact) mass is 141 g/mol. The second-order valence-electron chi connectivity index (χ2n) is 2.01. The average Bonchev–Trinajstić information content (AvgIpc) is 1.95. The van der Waals surface area contributed by atoms with Gasteiger partial charge in [0.25, 0.3) is 0 Å². The Balaban J connectivity index is 2.60. The minimum absolute atomic E-state index is 0.464. The van der Waals surface area contributed by atoms with Gasteiger partial charge in [0.1, 0.15) is 0 Å². The van der Waals surface area contributed by atoms with Crippen molar-refractivity contribution in [2.75, 3.05) is 13.1 Å². The number of hydrogen-bond donors (Lipinski definition) is 1. The fourth-order valence-electron chi connectivity index (χ4n) is 0.844. The predicted molar refractivity (Wildman–Crippen MR) is 34.7 cm³/mol. The van der Waals surface area contributed by atoms with E-state index in [-0.39, 0.29) is 0 Å². The first-order valence-corrected chi connectivity index (χ1v) is 3.14. The Labute approximate surface area is 59.2 Å². The summed E-state index contributed by atoms with van der Waals surface area (Å²) in [6.45, 7) is 4.48. The van der Waals surface area contributed by atoms with E-state index in [1.807, 2.05) is 0 Å². The van der Waals surface area contributed by atoms with E-state index in [0.29, 0.717) is 13.1 Å². The van der Waals surface area contributed by atoms with Crippen molar-refractivity contribution >= 4 is 11.8 Å². The van der Waals surface area contributed by atoms with E-state index in [1.165, 1.54) is 4.90 Å². The topological polar surface area (TPSA) is 49.4 Å². The fourth-order valence-corrected chi connectivity index (χ4v) is 0.844. The zero-order chi connectivity index (χ0) is 7.56. The Morgan fingerprint density at radius 1 is 1.60 bits per heavy atom. The first-order chi connectivity index (χ1) is 4.75. The van der Waals surface area contributed by atoms with Crippen LogP contribution < -0.4 is 5.32 Å². The lowest BCUT2D eigenvalue weighted by Crippen LogP contribution is -2.50. The van der Waals surface area contributed by atoms with Gasteiger partial charge >= 0.3 is 11.8 Å². The van der Waals surface area contributed by atoms with E-state index >= 15 is 0 Å². The van der Waals surface area contributed by atoms with Gasteiger partial charge in [0.05, 0.1) is 0 Å². The van der Waals surface area contributed by atoms with Crippen molar-refractivity contribution in [1.82, 2.24) is 10.2 Å². The van der Waals surface area contributed by atoms with Crippen LogP contribution >= 0.6 is 0 Å².